The molecule has 1 atom stereocenters. The Morgan fingerprint density at radius 1 is 1.39 bits per heavy atom. The van der Waals surface area contributed by atoms with Crippen molar-refractivity contribution in [3.63, 3.8) is 0 Å². The monoisotopic (exact) mass is 316 g/mol. The molecule has 1 saturated carbocycles. The second-order valence-electron chi connectivity index (χ2n) is 6.21. The summed E-state index contributed by atoms with van der Waals surface area (Å²) in [6.45, 7) is 2.52. The second kappa shape index (κ2) is 6.16. The Morgan fingerprint density at radius 3 is 3.09 bits per heavy atom. The molecule has 2 fully saturated rings. The van der Waals surface area contributed by atoms with Gasteiger partial charge in [0.05, 0.1) is 12.6 Å². The van der Waals surface area contributed by atoms with E-state index in [4.69, 9.17) is 9.26 Å². The number of ether oxygens (including phenoxy) is 1. The van der Waals surface area contributed by atoms with Crippen molar-refractivity contribution >= 4 is 5.91 Å². The van der Waals surface area contributed by atoms with Crippen molar-refractivity contribution in [1.29, 1.82) is 0 Å². The van der Waals surface area contributed by atoms with E-state index in [0.29, 0.717) is 37.9 Å². The van der Waals surface area contributed by atoms with Crippen LogP contribution in [0.25, 0.3) is 0 Å². The number of carbonyl (C=O) groups excluding carboxylic acids is 1. The van der Waals surface area contributed by atoms with E-state index < -0.39 is 0 Å². The van der Waals surface area contributed by atoms with Crippen LogP contribution in [-0.4, -0.2) is 51.5 Å². The fourth-order valence-corrected chi connectivity index (χ4v) is 2.92. The van der Waals surface area contributed by atoms with Crippen molar-refractivity contribution in [2.24, 2.45) is 0 Å². The van der Waals surface area contributed by atoms with E-state index in [0.717, 1.165) is 25.0 Å². The average molecular weight is 316 g/mol. The Kier molecular flexibility index (Phi) is 3.87. The van der Waals surface area contributed by atoms with Crippen LogP contribution in [0.2, 0.25) is 0 Å². The van der Waals surface area contributed by atoms with E-state index >= 15 is 0 Å². The Morgan fingerprint density at radius 2 is 2.30 bits per heavy atom. The van der Waals surface area contributed by atoms with E-state index in [1.54, 1.807) is 12.3 Å². The van der Waals surface area contributed by atoms with Crippen LogP contribution in [0.5, 0.6) is 0 Å². The zero-order chi connectivity index (χ0) is 15.6. The van der Waals surface area contributed by atoms with Gasteiger partial charge in [-0.1, -0.05) is 5.16 Å². The van der Waals surface area contributed by atoms with Crippen LogP contribution in [0.15, 0.2) is 29.0 Å². The lowest BCUT2D eigenvalue weighted by molar-refractivity contribution is 0.0364. The SMILES string of the molecule is O=C(c1cc(C2CC2)on1)N1CCCO[C@H](Cn2cccn2)C1. The molecule has 1 aliphatic heterocycles. The van der Waals surface area contributed by atoms with Crippen LogP contribution in [0.4, 0.5) is 0 Å². The van der Waals surface area contributed by atoms with Gasteiger partial charge in [-0.15, -0.1) is 0 Å². The van der Waals surface area contributed by atoms with Crippen LogP contribution in [0, 0.1) is 0 Å². The van der Waals surface area contributed by atoms with Crippen molar-refractivity contribution in [1.82, 2.24) is 19.8 Å². The quantitative estimate of drug-likeness (QED) is 0.858. The average Bonchev–Trinajstić information content (AvgIpc) is 3.15. The fourth-order valence-electron chi connectivity index (χ4n) is 2.92. The van der Waals surface area contributed by atoms with Crippen LogP contribution in [0.3, 0.4) is 0 Å². The molecule has 122 valence electrons. The highest BCUT2D eigenvalue weighted by atomic mass is 16.5. The fraction of sp³-hybridized carbons (Fsp3) is 0.562. The number of hydrogen-bond acceptors (Lipinski definition) is 5. The summed E-state index contributed by atoms with van der Waals surface area (Å²) >= 11 is 0. The number of carbonyl (C=O) groups is 1. The summed E-state index contributed by atoms with van der Waals surface area (Å²) in [5, 5.41) is 8.16. The number of aromatic nitrogens is 3. The van der Waals surface area contributed by atoms with E-state index in [9.17, 15) is 4.79 Å². The molecule has 0 unspecified atom stereocenters. The summed E-state index contributed by atoms with van der Waals surface area (Å²) in [6.07, 6.45) is 6.68. The van der Waals surface area contributed by atoms with Gasteiger partial charge < -0.3 is 14.2 Å². The summed E-state index contributed by atoms with van der Waals surface area (Å²) in [5.41, 5.74) is 0.409. The van der Waals surface area contributed by atoms with Gasteiger partial charge in [0, 0.05) is 44.1 Å². The lowest BCUT2D eigenvalue weighted by atomic mass is 10.2. The summed E-state index contributed by atoms with van der Waals surface area (Å²) in [7, 11) is 0. The van der Waals surface area contributed by atoms with Gasteiger partial charge in [0.25, 0.3) is 5.91 Å². The molecule has 0 bridgehead atoms. The maximum Gasteiger partial charge on any atom is 0.276 e. The molecule has 7 nitrogen and oxygen atoms in total. The molecule has 0 N–H and O–H groups in total. The van der Waals surface area contributed by atoms with Gasteiger partial charge in [0.2, 0.25) is 0 Å². The zero-order valence-corrected chi connectivity index (χ0v) is 12.9. The molecule has 23 heavy (non-hydrogen) atoms. The molecule has 2 aromatic rings. The van der Waals surface area contributed by atoms with E-state index in [1.807, 2.05) is 21.8 Å². The molecule has 1 amide bonds. The van der Waals surface area contributed by atoms with Gasteiger partial charge in [-0.25, -0.2) is 0 Å². The second-order valence-corrected chi connectivity index (χ2v) is 6.21. The topological polar surface area (TPSA) is 73.4 Å². The Labute approximate surface area is 134 Å². The van der Waals surface area contributed by atoms with E-state index in [-0.39, 0.29) is 12.0 Å². The molecular weight excluding hydrogens is 296 g/mol. The number of nitrogens with zero attached hydrogens (tertiary/aromatic N) is 4. The van der Waals surface area contributed by atoms with Gasteiger partial charge in [0.1, 0.15) is 5.76 Å². The van der Waals surface area contributed by atoms with Crippen molar-refractivity contribution in [3.05, 3.63) is 36.0 Å². The lowest BCUT2D eigenvalue weighted by Gasteiger charge is -2.23. The highest BCUT2D eigenvalue weighted by Crippen LogP contribution is 2.40. The molecule has 1 saturated heterocycles. The highest BCUT2D eigenvalue weighted by molar-refractivity contribution is 5.92. The van der Waals surface area contributed by atoms with Crippen molar-refractivity contribution in [3.8, 4) is 0 Å². The van der Waals surface area contributed by atoms with Gasteiger partial charge >= 0.3 is 0 Å². The lowest BCUT2D eigenvalue weighted by Crippen LogP contribution is -2.38. The molecule has 1 aliphatic carbocycles. The third-order valence-electron chi connectivity index (χ3n) is 4.31. The van der Waals surface area contributed by atoms with Gasteiger partial charge in [-0.2, -0.15) is 5.10 Å². The van der Waals surface area contributed by atoms with Gasteiger partial charge in [-0.05, 0) is 25.3 Å². The van der Waals surface area contributed by atoms with Crippen LogP contribution in [-0.2, 0) is 11.3 Å². The minimum atomic E-state index is -0.0726. The maximum absolute atomic E-state index is 12.7. The highest BCUT2D eigenvalue weighted by Gasteiger charge is 2.31. The van der Waals surface area contributed by atoms with Gasteiger partial charge in [0.15, 0.2) is 5.69 Å². The minimum Gasteiger partial charge on any atom is -0.374 e. The summed E-state index contributed by atoms with van der Waals surface area (Å²) in [6, 6.07) is 3.68. The van der Waals surface area contributed by atoms with Crippen LogP contribution in [0.1, 0.15) is 41.4 Å². The summed E-state index contributed by atoms with van der Waals surface area (Å²) < 4.78 is 13.0. The zero-order valence-electron chi connectivity index (χ0n) is 12.9. The minimum absolute atomic E-state index is 0.0591. The molecule has 2 aromatic heterocycles. The third kappa shape index (κ3) is 3.29. The first kappa shape index (κ1) is 14.4. The number of hydrogen-bond donors (Lipinski definition) is 0. The Balaban J connectivity index is 1.44. The van der Waals surface area contributed by atoms with Crippen LogP contribution < -0.4 is 0 Å². The number of amides is 1. The first-order valence-corrected chi connectivity index (χ1v) is 8.14. The van der Waals surface area contributed by atoms with Crippen LogP contribution >= 0.6 is 0 Å². The van der Waals surface area contributed by atoms with Crippen molar-refractivity contribution in [2.45, 2.75) is 37.8 Å². The molecule has 0 aromatic carbocycles. The van der Waals surface area contributed by atoms with Crippen molar-refractivity contribution in [2.75, 3.05) is 19.7 Å². The van der Waals surface area contributed by atoms with Crippen molar-refractivity contribution < 1.29 is 14.1 Å². The molecule has 4 rings (SSSR count). The molecule has 2 aliphatic rings. The first-order chi connectivity index (χ1) is 11.3. The smallest absolute Gasteiger partial charge is 0.276 e. The first-order valence-electron chi connectivity index (χ1n) is 8.14. The molecule has 0 radical (unpaired) electrons. The predicted octanol–water partition coefficient (Wildman–Crippen LogP) is 1.68. The molecule has 3 heterocycles. The van der Waals surface area contributed by atoms with E-state index in [2.05, 4.69) is 10.3 Å². The largest absolute Gasteiger partial charge is 0.374 e. The summed E-state index contributed by atoms with van der Waals surface area (Å²) in [5.74, 6) is 1.23. The van der Waals surface area contributed by atoms with E-state index in [1.165, 1.54) is 0 Å². The normalized spacial score (nSPS) is 22.1. The third-order valence-corrected chi connectivity index (χ3v) is 4.31. The standard InChI is InChI=1S/C16H20N4O3/c21-16(14-9-15(23-18-14)12-3-4-12)19-6-2-8-22-13(10-19)11-20-7-1-5-17-20/h1,5,7,9,12-13H,2-4,6,8,10-11H2/t13-/m0/s1. The predicted molar refractivity (Wildman–Crippen MR) is 81.0 cm³/mol. The number of rotatable bonds is 4. The molecule has 7 heteroatoms. The Bertz CT molecular complexity index is 663. The molecular formula is C16H20N4O3. The Hall–Kier alpha value is -2.15. The summed E-state index contributed by atoms with van der Waals surface area (Å²) in [4.78, 5) is 14.5. The van der Waals surface area contributed by atoms with Gasteiger partial charge in [-0.3, -0.25) is 9.48 Å². The maximum atomic E-state index is 12.7. The molecule has 0 spiro atoms.